The molecule has 17 heavy (non-hydrogen) atoms. The zero-order valence-corrected chi connectivity index (χ0v) is 11.9. The summed E-state index contributed by atoms with van der Waals surface area (Å²) < 4.78 is 0. The number of carbonyl (C=O) groups is 1. The van der Waals surface area contributed by atoms with Gasteiger partial charge in [0.2, 0.25) is 0 Å². The van der Waals surface area contributed by atoms with E-state index in [9.17, 15) is 4.79 Å². The summed E-state index contributed by atoms with van der Waals surface area (Å²) in [6.07, 6.45) is 6.26. The summed E-state index contributed by atoms with van der Waals surface area (Å²) in [4.78, 5) is 17.4. The minimum Gasteiger partial charge on any atom is -0.338 e. The molecule has 0 heterocycles. The van der Waals surface area contributed by atoms with E-state index in [2.05, 4.69) is 17.2 Å². The Bertz CT molecular complexity index is 244. The van der Waals surface area contributed by atoms with Crippen molar-refractivity contribution in [2.45, 2.75) is 58.9 Å². The van der Waals surface area contributed by atoms with Crippen LogP contribution in [0, 0.1) is 0 Å². The maximum atomic E-state index is 11.6. The summed E-state index contributed by atoms with van der Waals surface area (Å²) in [6.45, 7) is 8.92. The highest BCUT2D eigenvalue weighted by Gasteiger charge is 2.08. The minimum atomic E-state index is -0.143. The monoisotopic (exact) mass is 241 g/mol. The first-order chi connectivity index (χ1) is 7.87. The first-order valence-corrected chi connectivity index (χ1v) is 6.43. The molecule has 0 fully saturated rings. The van der Waals surface area contributed by atoms with E-state index < -0.39 is 0 Å². The first-order valence-electron chi connectivity index (χ1n) is 6.43. The third kappa shape index (κ3) is 9.85. The van der Waals surface area contributed by atoms with Crippen LogP contribution in [0.4, 0.5) is 4.79 Å². The third-order valence-corrected chi connectivity index (χ3v) is 2.25. The molecule has 0 aliphatic rings. The largest absolute Gasteiger partial charge is 0.338 e. The molecule has 0 saturated carbocycles. The number of aliphatic imine (C=N–C) groups is 1. The molecule has 0 bridgehead atoms. The Morgan fingerprint density at radius 2 is 1.94 bits per heavy atom. The molecule has 0 radical (unpaired) electrons. The van der Waals surface area contributed by atoms with Crippen LogP contribution in [0.5, 0.6) is 0 Å². The lowest BCUT2D eigenvalue weighted by molar-refractivity contribution is 0.227. The van der Waals surface area contributed by atoms with E-state index in [0.717, 1.165) is 13.0 Å². The van der Waals surface area contributed by atoms with E-state index in [-0.39, 0.29) is 11.6 Å². The second-order valence-electron chi connectivity index (χ2n) is 5.32. The minimum absolute atomic E-state index is 0.0884. The van der Waals surface area contributed by atoms with Crippen LogP contribution in [0.2, 0.25) is 0 Å². The number of nitrogens with zero attached hydrogens (tertiary/aromatic N) is 2. The van der Waals surface area contributed by atoms with Crippen molar-refractivity contribution in [2.75, 3.05) is 13.6 Å². The normalized spacial score (nSPS) is 11.8. The second-order valence-corrected chi connectivity index (χ2v) is 5.32. The van der Waals surface area contributed by atoms with E-state index in [1.54, 1.807) is 13.4 Å². The predicted molar refractivity (Wildman–Crippen MR) is 73.5 cm³/mol. The molecule has 0 aliphatic carbocycles. The molecule has 0 rings (SSSR count). The van der Waals surface area contributed by atoms with Crippen molar-refractivity contribution in [3.63, 3.8) is 0 Å². The molecule has 0 aromatic carbocycles. The van der Waals surface area contributed by atoms with Crippen LogP contribution >= 0.6 is 0 Å². The lowest BCUT2D eigenvalue weighted by atomic mass is 10.1. The van der Waals surface area contributed by atoms with Crippen LogP contribution in [-0.2, 0) is 0 Å². The lowest BCUT2D eigenvalue weighted by Crippen LogP contribution is -2.37. The van der Waals surface area contributed by atoms with E-state index in [4.69, 9.17) is 0 Å². The third-order valence-electron chi connectivity index (χ3n) is 2.25. The number of carbonyl (C=O) groups excluding carboxylic acids is 1. The molecule has 1 N–H and O–H groups in total. The summed E-state index contributed by atoms with van der Waals surface area (Å²) in [7, 11) is 1.72. The highest BCUT2D eigenvalue weighted by molar-refractivity contribution is 5.85. The lowest BCUT2D eigenvalue weighted by Gasteiger charge is -2.16. The Balaban J connectivity index is 3.79. The van der Waals surface area contributed by atoms with E-state index in [1.165, 1.54) is 24.2 Å². The molecule has 0 aromatic heterocycles. The number of hydrogen-bond acceptors (Lipinski definition) is 2. The molecule has 0 aromatic rings. The zero-order valence-electron chi connectivity index (χ0n) is 11.9. The fraction of sp³-hybridized carbons (Fsp3) is 0.846. The number of nitrogens with one attached hydrogen (secondary N) is 1. The molecular formula is C13H27N3O. The van der Waals surface area contributed by atoms with Gasteiger partial charge in [0.05, 0.1) is 11.9 Å². The van der Waals surface area contributed by atoms with Gasteiger partial charge in [-0.05, 0) is 27.2 Å². The fourth-order valence-electron chi connectivity index (χ4n) is 1.18. The van der Waals surface area contributed by atoms with Gasteiger partial charge in [-0.3, -0.25) is 9.89 Å². The van der Waals surface area contributed by atoms with Crippen LogP contribution in [-0.4, -0.2) is 36.4 Å². The van der Waals surface area contributed by atoms with Crippen LogP contribution in [0.1, 0.15) is 53.4 Å². The Hall–Kier alpha value is -1.06. The van der Waals surface area contributed by atoms with Crippen LogP contribution in [0.15, 0.2) is 4.99 Å². The molecule has 0 saturated heterocycles. The Morgan fingerprint density at radius 1 is 1.29 bits per heavy atom. The van der Waals surface area contributed by atoms with Gasteiger partial charge in [0.25, 0.3) is 0 Å². The molecule has 0 unspecified atom stereocenters. The van der Waals surface area contributed by atoms with Gasteiger partial charge in [0.15, 0.2) is 0 Å². The maximum absolute atomic E-state index is 11.6. The molecule has 2 amide bonds. The number of urea groups is 1. The van der Waals surface area contributed by atoms with Gasteiger partial charge in [0, 0.05) is 13.6 Å². The molecule has 0 aliphatic heterocycles. The highest BCUT2D eigenvalue weighted by atomic mass is 16.2. The molecule has 0 atom stereocenters. The predicted octanol–water partition coefficient (Wildman–Crippen LogP) is 3.03. The SMILES string of the molecule is CCCCCCNC(=O)N(C)C=NC(C)(C)C. The van der Waals surface area contributed by atoms with Crippen molar-refractivity contribution in [3.8, 4) is 0 Å². The Kier molecular flexibility index (Phi) is 7.59. The first kappa shape index (κ1) is 15.9. The summed E-state index contributed by atoms with van der Waals surface area (Å²) in [5.41, 5.74) is -0.143. The Labute approximate surface area is 105 Å². The van der Waals surface area contributed by atoms with Crippen molar-refractivity contribution < 1.29 is 4.79 Å². The van der Waals surface area contributed by atoms with Gasteiger partial charge in [0.1, 0.15) is 0 Å². The van der Waals surface area contributed by atoms with Gasteiger partial charge in [-0.1, -0.05) is 26.2 Å². The summed E-state index contributed by atoms with van der Waals surface area (Å²) in [5.74, 6) is 0. The Morgan fingerprint density at radius 3 is 2.47 bits per heavy atom. The number of hydrogen-bond donors (Lipinski definition) is 1. The van der Waals surface area contributed by atoms with Gasteiger partial charge >= 0.3 is 6.03 Å². The fourth-order valence-corrected chi connectivity index (χ4v) is 1.18. The number of amides is 2. The van der Waals surface area contributed by atoms with E-state index in [0.29, 0.717) is 0 Å². The number of unbranched alkanes of at least 4 members (excludes halogenated alkanes) is 3. The highest BCUT2D eigenvalue weighted by Crippen LogP contribution is 2.04. The average molecular weight is 241 g/mol. The molecule has 4 nitrogen and oxygen atoms in total. The molecule has 100 valence electrons. The van der Waals surface area contributed by atoms with Crippen LogP contribution in [0.3, 0.4) is 0 Å². The average Bonchev–Trinajstić information content (AvgIpc) is 2.24. The van der Waals surface area contributed by atoms with Gasteiger partial charge in [-0.25, -0.2) is 4.79 Å². The smallest absolute Gasteiger partial charge is 0.322 e. The standard InChI is InChI=1S/C13H27N3O/c1-6-7-8-9-10-14-12(17)16(5)11-15-13(2,3)4/h11H,6-10H2,1-5H3,(H,14,17). The number of rotatable bonds is 6. The molecule has 4 heteroatoms. The second kappa shape index (κ2) is 8.09. The molecular weight excluding hydrogens is 214 g/mol. The van der Waals surface area contributed by atoms with Crippen molar-refractivity contribution in [2.24, 2.45) is 4.99 Å². The van der Waals surface area contributed by atoms with Crippen LogP contribution < -0.4 is 5.32 Å². The van der Waals surface area contributed by atoms with Crippen molar-refractivity contribution in [1.29, 1.82) is 0 Å². The maximum Gasteiger partial charge on any atom is 0.322 e. The van der Waals surface area contributed by atoms with Gasteiger partial charge < -0.3 is 5.32 Å². The summed E-state index contributed by atoms with van der Waals surface area (Å²) in [6, 6.07) is -0.0884. The van der Waals surface area contributed by atoms with E-state index in [1.807, 2.05) is 20.8 Å². The van der Waals surface area contributed by atoms with Gasteiger partial charge in [-0.15, -0.1) is 0 Å². The van der Waals surface area contributed by atoms with E-state index >= 15 is 0 Å². The van der Waals surface area contributed by atoms with Crippen LogP contribution in [0.25, 0.3) is 0 Å². The van der Waals surface area contributed by atoms with Crippen molar-refractivity contribution >= 4 is 12.4 Å². The molecule has 0 spiro atoms. The quantitative estimate of drug-likeness (QED) is 0.433. The van der Waals surface area contributed by atoms with Gasteiger partial charge in [-0.2, -0.15) is 0 Å². The summed E-state index contributed by atoms with van der Waals surface area (Å²) >= 11 is 0. The summed E-state index contributed by atoms with van der Waals surface area (Å²) in [5, 5.41) is 2.87. The topological polar surface area (TPSA) is 44.7 Å². The van der Waals surface area contributed by atoms with Crippen molar-refractivity contribution in [3.05, 3.63) is 0 Å². The zero-order chi connectivity index (χ0) is 13.3. The van der Waals surface area contributed by atoms with Crippen molar-refractivity contribution in [1.82, 2.24) is 10.2 Å².